The summed E-state index contributed by atoms with van der Waals surface area (Å²) in [4.78, 5) is 12.9. The zero-order valence-electron chi connectivity index (χ0n) is 12.9. The van der Waals surface area contributed by atoms with Crippen LogP contribution in [0.1, 0.15) is 38.6 Å². The first-order valence-electron chi connectivity index (χ1n) is 7.74. The Morgan fingerprint density at radius 1 is 1.41 bits per heavy atom. The number of alkyl halides is 1. The van der Waals surface area contributed by atoms with E-state index in [1.54, 1.807) is 10.9 Å². The molecule has 3 rings (SSSR count). The van der Waals surface area contributed by atoms with Gasteiger partial charge >= 0.3 is 0 Å². The number of aryl methyl sites for hydroxylation is 1. The van der Waals surface area contributed by atoms with Gasteiger partial charge in [0, 0.05) is 5.92 Å². The van der Waals surface area contributed by atoms with E-state index in [2.05, 4.69) is 21.5 Å². The SMILES string of the molecule is C=CCCc1ncnc2c1ncn2[C@@H]1O[C@H](CC)[C@@H](C)[C@H]1F. The van der Waals surface area contributed by atoms with Crippen LogP contribution in [0.25, 0.3) is 11.2 Å². The molecule has 0 aliphatic carbocycles. The van der Waals surface area contributed by atoms with E-state index in [9.17, 15) is 4.39 Å². The van der Waals surface area contributed by atoms with Gasteiger partial charge in [-0.3, -0.25) is 4.57 Å². The minimum Gasteiger partial charge on any atom is -0.351 e. The van der Waals surface area contributed by atoms with Gasteiger partial charge in [-0.2, -0.15) is 0 Å². The summed E-state index contributed by atoms with van der Waals surface area (Å²) in [5.41, 5.74) is 2.20. The molecule has 0 amide bonds. The Kier molecular flexibility index (Phi) is 4.20. The van der Waals surface area contributed by atoms with Crippen molar-refractivity contribution in [3.63, 3.8) is 0 Å². The Morgan fingerprint density at radius 2 is 2.23 bits per heavy atom. The molecule has 2 aromatic rings. The second kappa shape index (κ2) is 6.12. The van der Waals surface area contributed by atoms with Crippen molar-refractivity contribution in [2.24, 2.45) is 5.92 Å². The zero-order chi connectivity index (χ0) is 15.7. The summed E-state index contributed by atoms with van der Waals surface area (Å²) in [6, 6.07) is 0. The molecule has 0 saturated carbocycles. The second-order valence-electron chi connectivity index (χ2n) is 5.75. The predicted octanol–water partition coefficient (Wildman–Crippen LogP) is 3.23. The predicted molar refractivity (Wildman–Crippen MR) is 82.1 cm³/mol. The lowest BCUT2D eigenvalue weighted by Crippen LogP contribution is -2.20. The third-order valence-corrected chi connectivity index (χ3v) is 4.37. The standard InChI is InChI=1S/C16H21FN4O/c1-4-6-7-11-14-15(19-8-18-11)21(9-20-14)16-13(17)10(3)12(5-2)22-16/h4,8-10,12-13,16H,1,5-7H2,2-3H3/t10-,12-,13-,16-/m1/s1. The molecule has 1 fully saturated rings. The Bertz CT molecular complexity index is 671. The number of imidazole rings is 1. The molecule has 2 aromatic heterocycles. The maximum Gasteiger partial charge on any atom is 0.168 e. The van der Waals surface area contributed by atoms with Crippen molar-refractivity contribution in [2.75, 3.05) is 0 Å². The van der Waals surface area contributed by atoms with E-state index in [1.807, 2.05) is 19.9 Å². The molecule has 0 N–H and O–H groups in total. The number of rotatable bonds is 5. The molecular formula is C16H21FN4O. The van der Waals surface area contributed by atoms with Crippen LogP contribution in [0.15, 0.2) is 25.3 Å². The number of allylic oxidation sites excluding steroid dienone is 1. The molecule has 0 radical (unpaired) electrons. The Morgan fingerprint density at radius 3 is 2.91 bits per heavy atom. The van der Waals surface area contributed by atoms with Gasteiger partial charge in [0.15, 0.2) is 18.0 Å². The molecule has 22 heavy (non-hydrogen) atoms. The van der Waals surface area contributed by atoms with Gasteiger partial charge < -0.3 is 4.74 Å². The largest absolute Gasteiger partial charge is 0.351 e. The minimum absolute atomic E-state index is 0.0699. The third-order valence-electron chi connectivity index (χ3n) is 4.37. The molecular weight excluding hydrogens is 283 g/mol. The third kappa shape index (κ3) is 2.41. The van der Waals surface area contributed by atoms with E-state index in [4.69, 9.17) is 4.74 Å². The maximum absolute atomic E-state index is 14.6. The summed E-state index contributed by atoms with van der Waals surface area (Å²) in [6.07, 6.45) is 5.53. The van der Waals surface area contributed by atoms with Crippen LogP contribution in [-0.2, 0) is 11.2 Å². The van der Waals surface area contributed by atoms with E-state index in [0.717, 1.165) is 25.0 Å². The first-order chi connectivity index (χ1) is 10.7. The number of hydrogen-bond donors (Lipinski definition) is 0. The lowest BCUT2D eigenvalue weighted by molar-refractivity contribution is -0.0186. The van der Waals surface area contributed by atoms with Crippen LogP contribution in [0.5, 0.6) is 0 Å². The van der Waals surface area contributed by atoms with Crippen molar-refractivity contribution in [3.8, 4) is 0 Å². The molecule has 0 aromatic carbocycles. The lowest BCUT2D eigenvalue weighted by Gasteiger charge is -2.15. The molecule has 6 heteroatoms. The zero-order valence-corrected chi connectivity index (χ0v) is 12.9. The average Bonchev–Trinajstić information content (AvgIpc) is 3.08. The van der Waals surface area contributed by atoms with E-state index in [-0.39, 0.29) is 12.0 Å². The van der Waals surface area contributed by atoms with Crippen LogP contribution in [0.2, 0.25) is 0 Å². The maximum atomic E-state index is 14.6. The molecule has 1 aliphatic heterocycles. The minimum atomic E-state index is -1.06. The summed E-state index contributed by atoms with van der Waals surface area (Å²) >= 11 is 0. The van der Waals surface area contributed by atoms with Crippen molar-refractivity contribution in [3.05, 3.63) is 31.0 Å². The van der Waals surface area contributed by atoms with Crippen molar-refractivity contribution in [1.82, 2.24) is 19.5 Å². The molecule has 5 nitrogen and oxygen atoms in total. The normalized spacial score (nSPS) is 28.3. The molecule has 118 valence electrons. The first kappa shape index (κ1) is 15.1. The van der Waals surface area contributed by atoms with Crippen LogP contribution in [0.3, 0.4) is 0 Å². The highest BCUT2D eigenvalue weighted by Gasteiger charge is 2.43. The molecule has 1 aliphatic rings. The highest BCUT2D eigenvalue weighted by molar-refractivity contribution is 5.73. The molecule has 0 spiro atoms. The fourth-order valence-electron chi connectivity index (χ4n) is 3.04. The number of aromatic nitrogens is 4. The van der Waals surface area contributed by atoms with Crippen LogP contribution in [0.4, 0.5) is 4.39 Å². The average molecular weight is 304 g/mol. The van der Waals surface area contributed by atoms with Gasteiger partial charge in [0.05, 0.1) is 18.1 Å². The van der Waals surface area contributed by atoms with Crippen molar-refractivity contribution in [2.45, 2.75) is 51.6 Å². The molecule has 3 heterocycles. The second-order valence-corrected chi connectivity index (χ2v) is 5.75. The Labute approximate surface area is 129 Å². The van der Waals surface area contributed by atoms with Gasteiger partial charge in [0.2, 0.25) is 0 Å². The van der Waals surface area contributed by atoms with E-state index >= 15 is 0 Å². The topological polar surface area (TPSA) is 52.8 Å². The van der Waals surface area contributed by atoms with E-state index < -0.39 is 12.4 Å². The van der Waals surface area contributed by atoms with Crippen molar-refractivity contribution in [1.29, 1.82) is 0 Å². The van der Waals surface area contributed by atoms with Crippen molar-refractivity contribution < 1.29 is 9.13 Å². The summed E-state index contributed by atoms with van der Waals surface area (Å²) in [5.74, 6) is -0.130. The van der Waals surface area contributed by atoms with Crippen LogP contribution >= 0.6 is 0 Å². The number of halogens is 1. The summed E-state index contributed by atoms with van der Waals surface area (Å²) in [7, 11) is 0. The lowest BCUT2D eigenvalue weighted by atomic mass is 10.00. The Hall–Kier alpha value is -1.82. The fourth-order valence-corrected chi connectivity index (χ4v) is 3.04. The molecule has 4 atom stereocenters. The van der Waals surface area contributed by atoms with Gasteiger partial charge in [-0.1, -0.05) is 19.9 Å². The van der Waals surface area contributed by atoms with Crippen LogP contribution < -0.4 is 0 Å². The quantitative estimate of drug-likeness (QED) is 0.796. The summed E-state index contributed by atoms with van der Waals surface area (Å²) < 4.78 is 22.2. The highest BCUT2D eigenvalue weighted by Crippen LogP contribution is 2.38. The van der Waals surface area contributed by atoms with Gasteiger partial charge in [-0.15, -0.1) is 6.58 Å². The smallest absolute Gasteiger partial charge is 0.168 e. The fraction of sp³-hybridized carbons (Fsp3) is 0.562. The van der Waals surface area contributed by atoms with Crippen LogP contribution in [0, 0.1) is 5.92 Å². The number of nitrogens with zero attached hydrogens (tertiary/aromatic N) is 4. The Balaban J connectivity index is 1.97. The molecule has 1 saturated heterocycles. The van der Waals surface area contributed by atoms with Crippen LogP contribution in [-0.4, -0.2) is 31.8 Å². The monoisotopic (exact) mass is 304 g/mol. The van der Waals surface area contributed by atoms with Gasteiger partial charge in [0.25, 0.3) is 0 Å². The highest BCUT2D eigenvalue weighted by atomic mass is 19.1. The van der Waals surface area contributed by atoms with E-state index in [0.29, 0.717) is 11.2 Å². The number of fused-ring (bicyclic) bond motifs is 1. The van der Waals surface area contributed by atoms with Gasteiger partial charge in [-0.25, -0.2) is 19.3 Å². The summed E-state index contributed by atoms with van der Waals surface area (Å²) in [5, 5.41) is 0. The molecule has 0 unspecified atom stereocenters. The number of hydrogen-bond acceptors (Lipinski definition) is 4. The van der Waals surface area contributed by atoms with Gasteiger partial charge in [0.1, 0.15) is 11.8 Å². The first-order valence-corrected chi connectivity index (χ1v) is 7.74. The summed E-state index contributed by atoms with van der Waals surface area (Å²) in [6.45, 7) is 7.62. The molecule has 0 bridgehead atoms. The van der Waals surface area contributed by atoms with E-state index in [1.165, 1.54) is 6.33 Å². The van der Waals surface area contributed by atoms with Crippen molar-refractivity contribution >= 4 is 11.2 Å². The van der Waals surface area contributed by atoms with Gasteiger partial charge in [-0.05, 0) is 19.3 Å². The number of ether oxygens (including phenoxy) is 1.